The van der Waals surface area contributed by atoms with E-state index in [-0.39, 0.29) is 17.7 Å². The summed E-state index contributed by atoms with van der Waals surface area (Å²) in [6.45, 7) is 0. The Hall–Kier alpha value is -4.39. The second-order valence-electron chi connectivity index (χ2n) is 8.44. The summed E-state index contributed by atoms with van der Waals surface area (Å²) >= 11 is 6.59. The fourth-order valence-electron chi connectivity index (χ4n) is 4.28. The summed E-state index contributed by atoms with van der Waals surface area (Å²) in [5.74, 6) is -0.320. The number of benzene rings is 4. The Morgan fingerprint density at radius 2 is 1.50 bits per heavy atom. The molecule has 0 aliphatic heterocycles. The third-order valence-corrected chi connectivity index (χ3v) is 6.38. The van der Waals surface area contributed by atoms with Crippen LogP contribution in [-0.4, -0.2) is 21.2 Å². The first kappa shape index (κ1) is 23.4. The second-order valence-corrected chi connectivity index (χ2v) is 8.85. The zero-order valence-electron chi connectivity index (χ0n) is 19.0. The number of carbonyl (C=O) groups excluding carboxylic acids is 1. The van der Waals surface area contributed by atoms with Gasteiger partial charge in [0.25, 0.3) is 5.56 Å². The third-order valence-electron chi connectivity index (χ3n) is 6.07. The molecule has 0 atom stereocenters. The topological polar surface area (TPSA) is 102 Å². The van der Waals surface area contributed by atoms with Gasteiger partial charge in [0.2, 0.25) is 5.91 Å². The molecule has 5 aromatic rings. The van der Waals surface area contributed by atoms with Gasteiger partial charge in [0.15, 0.2) is 0 Å². The van der Waals surface area contributed by atoms with Crippen LogP contribution in [0.5, 0.6) is 5.75 Å². The molecule has 7 heteroatoms. The summed E-state index contributed by atoms with van der Waals surface area (Å²) in [4.78, 5) is 27.3. The molecule has 178 valence electrons. The molecule has 36 heavy (non-hydrogen) atoms. The molecule has 0 aliphatic rings. The van der Waals surface area contributed by atoms with E-state index in [0.717, 1.165) is 27.6 Å². The summed E-state index contributed by atoms with van der Waals surface area (Å²) in [6, 6.07) is 27.4. The van der Waals surface area contributed by atoms with E-state index in [1.165, 1.54) is 0 Å². The van der Waals surface area contributed by atoms with Crippen molar-refractivity contribution < 1.29 is 15.1 Å². The molecule has 0 bridgehead atoms. The highest BCUT2D eigenvalue weighted by Crippen LogP contribution is 2.35. The minimum Gasteiger partial charge on any atom is -0.507 e. The van der Waals surface area contributed by atoms with Crippen molar-refractivity contribution in [3.05, 3.63) is 112 Å². The van der Waals surface area contributed by atoms with Gasteiger partial charge >= 0.3 is 0 Å². The number of hydroxylamine groups is 1. The van der Waals surface area contributed by atoms with Gasteiger partial charge in [0.1, 0.15) is 5.75 Å². The van der Waals surface area contributed by atoms with E-state index in [4.69, 9.17) is 16.8 Å². The van der Waals surface area contributed by atoms with E-state index in [2.05, 4.69) is 4.98 Å². The van der Waals surface area contributed by atoms with Crippen LogP contribution in [-0.2, 0) is 11.2 Å². The Bertz CT molecular complexity index is 1660. The molecular formula is C29H21ClN2O4. The van der Waals surface area contributed by atoms with Gasteiger partial charge in [-0.3, -0.25) is 14.8 Å². The lowest BCUT2D eigenvalue weighted by Gasteiger charge is -2.11. The van der Waals surface area contributed by atoms with Crippen LogP contribution < -0.4 is 11.0 Å². The number of para-hydroxylation sites is 1. The van der Waals surface area contributed by atoms with Crippen molar-refractivity contribution >= 4 is 28.4 Å². The van der Waals surface area contributed by atoms with Gasteiger partial charge in [0, 0.05) is 22.2 Å². The zero-order valence-corrected chi connectivity index (χ0v) is 19.7. The summed E-state index contributed by atoms with van der Waals surface area (Å²) < 4.78 is 0. The van der Waals surface area contributed by atoms with Gasteiger partial charge in [-0.1, -0.05) is 78.3 Å². The lowest BCUT2D eigenvalue weighted by molar-refractivity contribution is -0.128. The quantitative estimate of drug-likeness (QED) is 0.179. The predicted octanol–water partition coefficient (Wildman–Crippen LogP) is 5.94. The fourth-order valence-corrected chi connectivity index (χ4v) is 4.56. The monoisotopic (exact) mass is 496 g/mol. The number of H-pyrrole nitrogens is 1. The highest BCUT2D eigenvalue weighted by atomic mass is 35.5. The van der Waals surface area contributed by atoms with Crippen LogP contribution in [0.1, 0.15) is 5.56 Å². The standard InChI is InChI=1S/C29H21ClN2O4/c30-25-16-26-21(14-23(25)19-10-8-18(9-11-19)22-6-1-2-7-27(22)33)15-24(29(35)31-26)20-5-3-4-17(12-20)13-28(34)32-36/h1-12,14-16,33,36H,13H2,(H,31,35)(H,32,34). The minimum atomic E-state index is -0.535. The second kappa shape index (κ2) is 9.70. The van der Waals surface area contributed by atoms with Crippen LogP contribution >= 0.6 is 11.6 Å². The van der Waals surface area contributed by atoms with E-state index in [1.807, 2.05) is 42.5 Å². The number of fused-ring (bicyclic) bond motifs is 1. The van der Waals surface area contributed by atoms with Gasteiger partial charge in [-0.15, -0.1) is 0 Å². The van der Waals surface area contributed by atoms with E-state index in [9.17, 15) is 14.7 Å². The lowest BCUT2D eigenvalue weighted by Crippen LogP contribution is -2.20. The molecule has 4 aromatic carbocycles. The molecule has 6 nitrogen and oxygen atoms in total. The number of rotatable bonds is 5. The summed E-state index contributed by atoms with van der Waals surface area (Å²) in [6.07, 6.45) is -0.00761. The maximum atomic E-state index is 12.9. The summed E-state index contributed by atoms with van der Waals surface area (Å²) in [5, 5.41) is 20.2. The van der Waals surface area contributed by atoms with E-state index < -0.39 is 5.91 Å². The predicted molar refractivity (Wildman–Crippen MR) is 141 cm³/mol. The third kappa shape index (κ3) is 4.60. The largest absolute Gasteiger partial charge is 0.507 e. The maximum Gasteiger partial charge on any atom is 0.256 e. The number of pyridine rings is 1. The average molecular weight is 497 g/mol. The van der Waals surface area contributed by atoms with Crippen molar-refractivity contribution in [3.8, 4) is 39.1 Å². The van der Waals surface area contributed by atoms with E-state index >= 15 is 0 Å². The molecule has 0 saturated heterocycles. The van der Waals surface area contributed by atoms with Crippen LogP contribution in [0.4, 0.5) is 0 Å². The SMILES string of the molecule is O=C(Cc1cccc(-c2cc3cc(-c4ccc(-c5ccccc5O)cc4)c(Cl)cc3[nH]c2=O)c1)NO. The first-order chi connectivity index (χ1) is 17.4. The number of hydrogen-bond donors (Lipinski definition) is 4. The molecule has 1 amide bonds. The molecule has 1 aromatic heterocycles. The maximum absolute atomic E-state index is 12.9. The van der Waals surface area contributed by atoms with Crippen molar-refractivity contribution in [3.63, 3.8) is 0 Å². The van der Waals surface area contributed by atoms with Gasteiger partial charge in [0.05, 0.1) is 11.4 Å². The number of aromatic nitrogens is 1. The number of phenolic OH excluding ortho intramolecular Hbond substituents is 1. The smallest absolute Gasteiger partial charge is 0.256 e. The van der Waals surface area contributed by atoms with Gasteiger partial charge < -0.3 is 10.1 Å². The first-order valence-corrected chi connectivity index (χ1v) is 11.6. The number of halogens is 1. The van der Waals surface area contributed by atoms with Crippen LogP contribution in [0.25, 0.3) is 44.3 Å². The van der Waals surface area contributed by atoms with Gasteiger partial charge in [-0.25, -0.2) is 5.48 Å². The summed E-state index contributed by atoms with van der Waals surface area (Å²) in [5.41, 5.74) is 7.06. The molecule has 0 aliphatic carbocycles. The zero-order chi connectivity index (χ0) is 25.2. The molecule has 4 N–H and O–H groups in total. The number of nitrogens with one attached hydrogen (secondary N) is 2. The van der Waals surface area contributed by atoms with Crippen molar-refractivity contribution in [2.24, 2.45) is 0 Å². The summed E-state index contributed by atoms with van der Waals surface area (Å²) in [7, 11) is 0. The molecule has 0 unspecified atom stereocenters. The van der Waals surface area contributed by atoms with Gasteiger partial charge in [-0.05, 0) is 51.9 Å². The van der Waals surface area contributed by atoms with E-state index in [0.29, 0.717) is 27.2 Å². The molecule has 0 spiro atoms. The average Bonchev–Trinajstić information content (AvgIpc) is 2.88. The van der Waals surface area contributed by atoms with Crippen molar-refractivity contribution in [2.75, 3.05) is 0 Å². The van der Waals surface area contributed by atoms with Crippen molar-refractivity contribution in [1.82, 2.24) is 10.5 Å². The van der Waals surface area contributed by atoms with E-state index in [1.54, 1.807) is 54.0 Å². The number of phenols is 1. The number of aromatic hydroxyl groups is 1. The van der Waals surface area contributed by atoms with Gasteiger partial charge in [-0.2, -0.15) is 0 Å². The number of amides is 1. The molecule has 5 rings (SSSR count). The Morgan fingerprint density at radius 1 is 0.806 bits per heavy atom. The first-order valence-electron chi connectivity index (χ1n) is 11.2. The van der Waals surface area contributed by atoms with Crippen LogP contribution in [0, 0.1) is 0 Å². The minimum absolute atomic E-state index is 0.00761. The Morgan fingerprint density at radius 3 is 2.22 bits per heavy atom. The van der Waals surface area contributed by atoms with Crippen LogP contribution in [0.15, 0.2) is 95.8 Å². The molecule has 0 radical (unpaired) electrons. The molecular weight excluding hydrogens is 476 g/mol. The lowest BCUT2D eigenvalue weighted by atomic mass is 9.97. The van der Waals surface area contributed by atoms with Crippen molar-refractivity contribution in [1.29, 1.82) is 0 Å². The number of aromatic amines is 1. The number of hydrogen-bond acceptors (Lipinski definition) is 4. The van der Waals surface area contributed by atoms with Crippen LogP contribution in [0.3, 0.4) is 0 Å². The van der Waals surface area contributed by atoms with Crippen molar-refractivity contribution in [2.45, 2.75) is 6.42 Å². The Kier molecular flexibility index (Phi) is 6.29. The molecule has 1 heterocycles. The highest BCUT2D eigenvalue weighted by Gasteiger charge is 2.12. The van der Waals surface area contributed by atoms with Crippen LogP contribution in [0.2, 0.25) is 5.02 Å². The molecule has 0 saturated carbocycles. The number of carbonyl (C=O) groups is 1. The molecule has 0 fully saturated rings. The Labute approximate surface area is 211 Å². The Balaban J connectivity index is 1.54. The fraction of sp³-hybridized carbons (Fsp3) is 0.0345. The highest BCUT2D eigenvalue weighted by molar-refractivity contribution is 6.34. The normalized spacial score (nSPS) is 10.9.